The molecule has 1 aromatic heterocycles. The molecule has 0 saturated carbocycles. The fourth-order valence-corrected chi connectivity index (χ4v) is 2.57. The summed E-state index contributed by atoms with van der Waals surface area (Å²) in [5, 5.41) is 0. The molecule has 1 rings (SSSR count). The first-order valence-corrected chi connectivity index (χ1v) is 8.16. The molecular weight excluding hydrogens is 276 g/mol. The maximum atomic E-state index is 12.4. The van der Waals surface area contributed by atoms with Crippen LogP contribution in [0.1, 0.15) is 34.6 Å². The lowest BCUT2D eigenvalue weighted by atomic mass is 10.2. The van der Waals surface area contributed by atoms with Crippen molar-refractivity contribution in [3.8, 4) is 0 Å². The average molecular weight is 298 g/mol. The third-order valence-electron chi connectivity index (χ3n) is 2.96. The first-order valence-electron chi connectivity index (χ1n) is 6.50. The van der Waals surface area contributed by atoms with E-state index in [-0.39, 0.29) is 6.04 Å². The Morgan fingerprint density at radius 1 is 1.35 bits per heavy atom. The van der Waals surface area contributed by atoms with Crippen molar-refractivity contribution in [2.24, 2.45) is 0 Å². The van der Waals surface area contributed by atoms with Crippen LogP contribution < -0.4 is 4.90 Å². The van der Waals surface area contributed by atoms with Crippen molar-refractivity contribution in [2.45, 2.75) is 45.4 Å². The fraction of sp³-hybridized carbons (Fsp3) is 0.571. The summed E-state index contributed by atoms with van der Waals surface area (Å²) >= 11 is 0. The van der Waals surface area contributed by atoms with Gasteiger partial charge in [-0.05, 0) is 46.8 Å². The Labute approximate surface area is 120 Å². The molecule has 0 spiro atoms. The number of nitrogens with zero attached hydrogens (tertiary/aromatic N) is 2. The Morgan fingerprint density at radius 2 is 1.95 bits per heavy atom. The Balaban J connectivity index is 3.05. The lowest BCUT2D eigenvalue weighted by molar-refractivity contribution is -0.116. The van der Waals surface area contributed by atoms with Crippen LogP contribution in [-0.4, -0.2) is 35.9 Å². The van der Waals surface area contributed by atoms with Crippen molar-refractivity contribution >= 4 is 21.4 Å². The van der Waals surface area contributed by atoms with Crippen LogP contribution in [0.15, 0.2) is 24.5 Å². The van der Waals surface area contributed by atoms with E-state index < -0.39 is 26.2 Å². The highest BCUT2D eigenvalue weighted by atomic mass is 32.2. The minimum Gasteiger partial charge on any atom is -0.307 e. The lowest BCUT2D eigenvalue weighted by Gasteiger charge is -2.28. The summed E-state index contributed by atoms with van der Waals surface area (Å²) in [7, 11) is -3.50. The molecule has 0 aliphatic rings. The molecular formula is C14H22N2O3S. The summed E-state index contributed by atoms with van der Waals surface area (Å²) in [5.41, 5.74) is 0.608. The molecule has 1 aromatic rings. The summed E-state index contributed by atoms with van der Waals surface area (Å²) in [6, 6.07) is 3.33. The van der Waals surface area contributed by atoms with E-state index in [0.29, 0.717) is 5.69 Å². The lowest BCUT2D eigenvalue weighted by Crippen LogP contribution is -2.44. The molecule has 112 valence electrons. The topological polar surface area (TPSA) is 67.3 Å². The summed E-state index contributed by atoms with van der Waals surface area (Å²) in [4.78, 5) is 17.8. The number of aromatic nitrogens is 1. The first kappa shape index (κ1) is 16.6. The second-order valence-corrected chi connectivity index (χ2v) is 8.68. The van der Waals surface area contributed by atoms with Gasteiger partial charge in [0.2, 0.25) is 5.91 Å². The molecule has 0 radical (unpaired) electrons. The van der Waals surface area contributed by atoms with Crippen molar-refractivity contribution in [2.75, 3.05) is 10.7 Å². The first-order chi connectivity index (χ1) is 9.06. The molecule has 0 aromatic carbocycles. The van der Waals surface area contributed by atoms with E-state index >= 15 is 0 Å². The normalized spacial score (nSPS) is 12.5. The third kappa shape index (κ3) is 3.79. The van der Waals surface area contributed by atoms with Crippen LogP contribution in [0.25, 0.3) is 0 Å². The second-order valence-electron chi connectivity index (χ2n) is 5.94. The Bertz CT molecular complexity index is 560. The Morgan fingerprint density at radius 3 is 2.35 bits per heavy atom. The van der Waals surface area contributed by atoms with Crippen molar-refractivity contribution in [3.05, 3.63) is 24.5 Å². The summed E-state index contributed by atoms with van der Waals surface area (Å²) < 4.78 is 23.4. The van der Waals surface area contributed by atoms with Gasteiger partial charge in [-0.3, -0.25) is 9.78 Å². The zero-order chi connectivity index (χ0) is 15.6. The van der Waals surface area contributed by atoms with Gasteiger partial charge in [0.25, 0.3) is 0 Å². The smallest absolute Gasteiger partial charge is 0.242 e. The molecule has 0 saturated heterocycles. The van der Waals surface area contributed by atoms with Crippen LogP contribution in [-0.2, 0) is 14.6 Å². The molecule has 0 fully saturated rings. The molecule has 0 aliphatic heterocycles. The molecule has 0 N–H and O–H groups in total. The van der Waals surface area contributed by atoms with Crippen LogP contribution in [0.2, 0.25) is 0 Å². The monoisotopic (exact) mass is 298 g/mol. The van der Waals surface area contributed by atoms with E-state index in [2.05, 4.69) is 4.98 Å². The number of pyridine rings is 1. The molecule has 1 heterocycles. The maximum absolute atomic E-state index is 12.4. The van der Waals surface area contributed by atoms with Gasteiger partial charge >= 0.3 is 0 Å². The third-order valence-corrected chi connectivity index (χ3v) is 5.45. The minimum atomic E-state index is -3.50. The largest absolute Gasteiger partial charge is 0.307 e. The van der Waals surface area contributed by atoms with Gasteiger partial charge in [0.1, 0.15) is 5.75 Å². The van der Waals surface area contributed by atoms with E-state index in [0.717, 1.165) is 0 Å². The molecule has 0 atom stereocenters. The number of hydrogen-bond acceptors (Lipinski definition) is 4. The van der Waals surface area contributed by atoms with Crippen molar-refractivity contribution < 1.29 is 13.2 Å². The van der Waals surface area contributed by atoms with Gasteiger partial charge in [0.05, 0.1) is 16.6 Å². The molecule has 5 nitrogen and oxygen atoms in total. The van der Waals surface area contributed by atoms with Crippen LogP contribution >= 0.6 is 0 Å². The van der Waals surface area contributed by atoms with Gasteiger partial charge in [0, 0.05) is 12.2 Å². The zero-order valence-corrected chi connectivity index (χ0v) is 13.4. The number of anilines is 1. The van der Waals surface area contributed by atoms with Crippen molar-refractivity contribution in [1.29, 1.82) is 0 Å². The Hall–Kier alpha value is -1.43. The zero-order valence-electron chi connectivity index (χ0n) is 12.6. The van der Waals surface area contributed by atoms with E-state index in [1.165, 1.54) is 4.90 Å². The summed E-state index contributed by atoms with van der Waals surface area (Å²) in [6.45, 7) is 8.47. The quantitative estimate of drug-likeness (QED) is 0.853. The van der Waals surface area contributed by atoms with E-state index in [1.807, 2.05) is 13.8 Å². The van der Waals surface area contributed by atoms with E-state index in [4.69, 9.17) is 0 Å². The maximum Gasteiger partial charge on any atom is 0.242 e. The predicted octanol–water partition coefficient (Wildman–Crippen LogP) is 2.04. The van der Waals surface area contributed by atoms with Crippen LogP contribution in [0, 0.1) is 0 Å². The fourth-order valence-electron chi connectivity index (χ4n) is 1.67. The SMILES string of the molecule is CC(C)N(C(=O)CS(=O)(=O)C(C)(C)C)c1cccnc1. The minimum absolute atomic E-state index is 0.137. The highest BCUT2D eigenvalue weighted by molar-refractivity contribution is 7.93. The van der Waals surface area contributed by atoms with E-state index in [9.17, 15) is 13.2 Å². The van der Waals surface area contributed by atoms with Gasteiger partial charge in [-0.25, -0.2) is 8.42 Å². The summed E-state index contributed by atoms with van der Waals surface area (Å²) in [5.74, 6) is -0.924. The standard InChI is InChI=1S/C14H22N2O3S/c1-11(2)16(12-7-6-8-15-9-12)13(17)10-20(18,19)14(3,4)5/h6-9,11H,10H2,1-5H3. The number of hydrogen-bond donors (Lipinski definition) is 0. The van der Waals surface area contributed by atoms with Crippen molar-refractivity contribution in [3.63, 3.8) is 0 Å². The predicted molar refractivity (Wildman–Crippen MR) is 80.4 cm³/mol. The van der Waals surface area contributed by atoms with Gasteiger partial charge in [-0.15, -0.1) is 0 Å². The van der Waals surface area contributed by atoms with Gasteiger partial charge in [0.15, 0.2) is 9.84 Å². The van der Waals surface area contributed by atoms with Crippen LogP contribution in [0.4, 0.5) is 5.69 Å². The molecule has 0 bridgehead atoms. The Kier molecular flexibility index (Phi) is 4.91. The van der Waals surface area contributed by atoms with Gasteiger partial charge < -0.3 is 4.90 Å². The number of carbonyl (C=O) groups excluding carboxylic acids is 1. The van der Waals surface area contributed by atoms with Gasteiger partial charge in [-0.2, -0.15) is 0 Å². The van der Waals surface area contributed by atoms with Gasteiger partial charge in [-0.1, -0.05) is 0 Å². The van der Waals surface area contributed by atoms with Crippen LogP contribution in [0.5, 0.6) is 0 Å². The summed E-state index contributed by atoms with van der Waals surface area (Å²) in [6.07, 6.45) is 3.17. The number of rotatable bonds is 4. The highest BCUT2D eigenvalue weighted by Gasteiger charge is 2.33. The highest BCUT2D eigenvalue weighted by Crippen LogP contribution is 2.20. The molecule has 0 aliphatic carbocycles. The van der Waals surface area contributed by atoms with Crippen LogP contribution in [0.3, 0.4) is 0 Å². The molecule has 20 heavy (non-hydrogen) atoms. The molecule has 6 heteroatoms. The molecule has 1 amide bonds. The molecule has 0 unspecified atom stereocenters. The second kappa shape index (κ2) is 5.91. The number of amides is 1. The van der Waals surface area contributed by atoms with E-state index in [1.54, 1.807) is 45.3 Å². The average Bonchev–Trinajstić information content (AvgIpc) is 2.27. The number of sulfone groups is 1. The number of carbonyl (C=O) groups is 1. The van der Waals surface area contributed by atoms with Crippen molar-refractivity contribution in [1.82, 2.24) is 4.98 Å².